The number of nitrogens with zero attached hydrogens (tertiary/aromatic N) is 1. The highest BCUT2D eigenvalue weighted by molar-refractivity contribution is 5.94. The van der Waals surface area contributed by atoms with E-state index < -0.39 is 55.1 Å². The summed E-state index contributed by atoms with van der Waals surface area (Å²) in [6, 6.07) is -1.31. The van der Waals surface area contributed by atoms with E-state index in [1.54, 1.807) is 0 Å². The molecule has 0 aromatic carbocycles. The predicted octanol–water partition coefficient (Wildman–Crippen LogP) is -4.85. The van der Waals surface area contributed by atoms with Crippen molar-refractivity contribution < 1.29 is 28.8 Å². The van der Waals surface area contributed by atoms with Gasteiger partial charge in [0.05, 0.1) is 26.1 Å². The second-order valence-corrected chi connectivity index (χ2v) is 4.72. The molecule has 24 heavy (non-hydrogen) atoms. The van der Waals surface area contributed by atoms with Crippen LogP contribution in [0.15, 0.2) is 0 Å². The summed E-state index contributed by atoms with van der Waals surface area (Å²) in [5.41, 5.74) is 9.93. The maximum absolute atomic E-state index is 12.0. The number of carbonyl (C=O) groups excluding carboxylic acids is 6. The fraction of sp³-hybridized carbons (Fsp3) is 0.500. The minimum Gasteiger partial charge on any atom is -0.370 e. The Morgan fingerprint density at radius 1 is 1.08 bits per heavy atom. The molecule has 0 aromatic rings. The lowest BCUT2D eigenvalue weighted by atomic mass is 10.2. The standard InChI is InChI=1S/C12H20N6O6/c1-18(5-9(14)21)11(23)4-16-12(24)7(2-8(13)20)17-10(22)3-15-6-19/h6-7H,2-5H2,1H3,(H2,13,20)(H2,14,21)(H,15,19)(H,16,24)(H,17,22). The lowest BCUT2D eigenvalue weighted by molar-refractivity contribution is -0.135. The number of amides is 6. The van der Waals surface area contributed by atoms with Gasteiger partial charge in [-0.15, -0.1) is 0 Å². The lowest BCUT2D eigenvalue weighted by Crippen LogP contribution is -2.52. The van der Waals surface area contributed by atoms with Crippen LogP contribution in [0.4, 0.5) is 0 Å². The molecule has 1 atom stereocenters. The first-order chi connectivity index (χ1) is 11.2. The molecule has 134 valence electrons. The molecule has 0 aliphatic heterocycles. The number of nitrogens with one attached hydrogen (secondary N) is 3. The van der Waals surface area contributed by atoms with E-state index in [4.69, 9.17) is 11.5 Å². The van der Waals surface area contributed by atoms with Crippen molar-refractivity contribution in [2.24, 2.45) is 11.5 Å². The Hall–Kier alpha value is -3.18. The average molecular weight is 344 g/mol. The topological polar surface area (TPSA) is 194 Å². The van der Waals surface area contributed by atoms with Crippen LogP contribution in [-0.2, 0) is 28.8 Å². The normalized spacial score (nSPS) is 10.9. The minimum atomic E-state index is -1.31. The molecule has 0 rings (SSSR count). The number of nitrogens with two attached hydrogens (primary N) is 2. The van der Waals surface area contributed by atoms with E-state index in [1.807, 2.05) is 0 Å². The Labute approximate surface area is 137 Å². The van der Waals surface area contributed by atoms with Gasteiger partial charge in [0.25, 0.3) is 0 Å². The van der Waals surface area contributed by atoms with E-state index in [9.17, 15) is 28.8 Å². The first-order valence-corrected chi connectivity index (χ1v) is 6.72. The summed E-state index contributed by atoms with van der Waals surface area (Å²) in [6.45, 7) is -1.19. The van der Waals surface area contributed by atoms with Gasteiger partial charge in [0.2, 0.25) is 35.9 Å². The van der Waals surface area contributed by atoms with Gasteiger partial charge in [-0.25, -0.2) is 0 Å². The summed E-state index contributed by atoms with van der Waals surface area (Å²) >= 11 is 0. The van der Waals surface area contributed by atoms with Crippen molar-refractivity contribution in [2.45, 2.75) is 12.5 Å². The van der Waals surface area contributed by atoms with Crippen LogP contribution < -0.4 is 27.4 Å². The van der Waals surface area contributed by atoms with Crippen LogP contribution in [0.2, 0.25) is 0 Å². The van der Waals surface area contributed by atoms with Crippen molar-refractivity contribution in [3.8, 4) is 0 Å². The largest absolute Gasteiger partial charge is 0.370 e. The van der Waals surface area contributed by atoms with Gasteiger partial charge in [-0.3, -0.25) is 28.8 Å². The monoisotopic (exact) mass is 344 g/mol. The van der Waals surface area contributed by atoms with Crippen molar-refractivity contribution in [3.05, 3.63) is 0 Å². The van der Waals surface area contributed by atoms with E-state index in [2.05, 4.69) is 16.0 Å². The average Bonchev–Trinajstić information content (AvgIpc) is 2.48. The summed E-state index contributed by atoms with van der Waals surface area (Å²) < 4.78 is 0. The van der Waals surface area contributed by atoms with Crippen molar-refractivity contribution in [1.82, 2.24) is 20.9 Å². The summed E-state index contributed by atoms with van der Waals surface area (Å²) in [5, 5.41) is 6.49. The maximum Gasteiger partial charge on any atom is 0.243 e. The smallest absolute Gasteiger partial charge is 0.243 e. The number of carbonyl (C=O) groups is 6. The van der Waals surface area contributed by atoms with E-state index in [1.165, 1.54) is 7.05 Å². The molecular formula is C12H20N6O6. The van der Waals surface area contributed by atoms with Crippen LogP contribution in [-0.4, -0.2) is 73.6 Å². The molecule has 0 aliphatic rings. The summed E-state index contributed by atoms with van der Waals surface area (Å²) in [6.07, 6.45) is -0.208. The van der Waals surface area contributed by atoms with E-state index >= 15 is 0 Å². The highest BCUT2D eigenvalue weighted by Crippen LogP contribution is 1.93. The zero-order valence-electron chi connectivity index (χ0n) is 13.0. The first kappa shape index (κ1) is 20.8. The lowest BCUT2D eigenvalue weighted by Gasteiger charge is -2.19. The molecule has 0 bridgehead atoms. The van der Waals surface area contributed by atoms with Crippen LogP contribution in [0.1, 0.15) is 6.42 Å². The van der Waals surface area contributed by atoms with Crippen LogP contribution in [0.25, 0.3) is 0 Å². The van der Waals surface area contributed by atoms with Gasteiger partial charge >= 0.3 is 0 Å². The third-order valence-corrected chi connectivity index (χ3v) is 2.64. The van der Waals surface area contributed by atoms with Gasteiger partial charge in [-0.1, -0.05) is 0 Å². The number of likely N-dealkylation sites (N-methyl/N-ethyl adjacent to an activating group) is 1. The van der Waals surface area contributed by atoms with Crippen LogP contribution in [0.5, 0.6) is 0 Å². The Morgan fingerprint density at radius 3 is 2.21 bits per heavy atom. The second kappa shape index (κ2) is 10.5. The van der Waals surface area contributed by atoms with E-state index in [-0.39, 0.29) is 13.0 Å². The van der Waals surface area contributed by atoms with Crippen LogP contribution in [0.3, 0.4) is 0 Å². The van der Waals surface area contributed by atoms with Crippen molar-refractivity contribution in [2.75, 3.05) is 26.7 Å². The Balaban J connectivity index is 4.61. The Kier molecular flexibility index (Phi) is 9.13. The second-order valence-electron chi connectivity index (χ2n) is 4.72. The van der Waals surface area contributed by atoms with Crippen molar-refractivity contribution in [3.63, 3.8) is 0 Å². The predicted molar refractivity (Wildman–Crippen MR) is 79.6 cm³/mol. The summed E-state index contributed by atoms with van der Waals surface area (Å²) in [5.74, 6) is -3.72. The summed E-state index contributed by atoms with van der Waals surface area (Å²) in [4.78, 5) is 67.9. The molecule has 7 N–H and O–H groups in total. The van der Waals surface area contributed by atoms with Crippen molar-refractivity contribution >= 4 is 35.9 Å². The van der Waals surface area contributed by atoms with Crippen molar-refractivity contribution in [1.29, 1.82) is 0 Å². The quantitative estimate of drug-likeness (QED) is 0.233. The van der Waals surface area contributed by atoms with Gasteiger partial charge in [0.15, 0.2) is 0 Å². The molecule has 0 saturated heterocycles. The first-order valence-electron chi connectivity index (χ1n) is 6.72. The molecule has 6 amide bonds. The highest BCUT2D eigenvalue weighted by Gasteiger charge is 2.23. The van der Waals surface area contributed by atoms with Gasteiger partial charge < -0.3 is 32.3 Å². The number of hydrogen-bond donors (Lipinski definition) is 5. The van der Waals surface area contributed by atoms with E-state index in [0.29, 0.717) is 0 Å². The molecule has 0 heterocycles. The van der Waals surface area contributed by atoms with Gasteiger partial charge in [-0.05, 0) is 0 Å². The molecular weight excluding hydrogens is 324 g/mol. The molecule has 0 radical (unpaired) electrons. The molecule has 12 heteroatoms. The molecule has 0 aliphatic carbocycles. The molecule has 0 fully saturated rings. The third-order valence-electron chi connectivity index (χ3n) is 2.64. The fourth-order valence-corrected chi connectivity index (χ4v) is 1.53. The van der Waals surface area contributed by atoms with Crippen LogP contribution >= 0.6 is 0 Å². The molecule has 0 spiro atoms. The molecule has 0 saturated carbocycles. The third kappa shape index (κ3) is 8.96. The highest BCUT2D eigenvalue weighted by atomic mass is 16.2. The fourth-order valence-electron chi connectivity index (χ4n) is 1.53. The zero-order valence-corrected chi connectivity index (χ0v) is 13.0. The molecule has 0 aromatic heterocycles. The number of hydrogen-bond acceptors (Lipinski definition) is 6. The Bertz CT molecular complexity index is 522. The minimum absolute atomic E-state index is 0.288. The maximum atomic E-state index is 12.0. The zero-order chi connectivity index (χ0) is 18.7. The Morgan fingerprint density at radius 2 is 1.71 bits per heavy atom. The molecule has 1 unspecified atom stereocenters. The SMILES string of the molecule is CN(CC(N)=O)C(=O)CNC(=O)C(CC(N)=O)NC(=O)CNC=O. The number of rotatable bonds is 11. The summed E-state index contributed by atoms with van der Waals surface area (Å²) in [7, 11) is 1.31. The number of primary amides is 2. The van der Waals surface area contributed by atoms with Gasteiger partial charge in [-0.2, -0.15) is 0 Å². The van der Waals surface area contributed by atoms with Crippen LogP contribution in [0, 0.1) is 0 Å². The molecule has 12 nitrogen and oxygen atoms in total. The van der Waals surface area contributed by atoms with E-state index in [0.717, 1.165) is 4.90 Å². The van der Waals surface area contributed by atoms with Gasteiger partial charge in [0.1, 0.15) is 6.04 Å². The van der Waals surface area contributed by atoms with Gasteiger partial charge in [0, 0.05) is 7.05 Å².